The molecule has 48 nitrogen and oxygen atoms in total. The summed E-state index contributed by atoms with van der Waals surface area (Å²) in [6.07, 6.45) is -75.8. The summed E-state index contributed by atoms with van der Waals surface area (Å²) < 4.78 is 86.8. The minimum atomic E-state index is -3.23. The summed E-state index contributed by atoms with van der Waals surface area (Å²) in [5.41, 5.74) is 0. The van der Waals surface area contributed by atoms with Crippen LogP contribution in [0.5, 0.6) is 0 Å². The van der Waals surface area contributed by atoms with E-state index in [2.05, 4.69) is 21.3 Å². The lowest BCUT2D eigenvalue weighted by Gasteiger charge is -2.51. The van der Waals surface area contributed by atoms with E-state index in [1.54, 1.807) is 0 Å². The van der Waals surface area contributed by atoms with Gasteiger partial charge in [0.2, 0.25) is 23.6 Å². The van der Waals surface area contributed by atoms with Crippen LogP contribution in [-0.2, 0) is 95.0 Å². The van der Waals surface area contributed by atoms with E-state index < -0.39 is 340 Å². The zero-order valence-corrected chi connectivity index (χ0v) is 57.4. The molecule has 0 aliphatic carbocycles. The van der Waals surface area contributed by atoms with Gasteiger partial charge in [-0.2, -0.15) is 0 Å². The van der Waals surface area contributed by atoms with Crippen molar-refractivity contribution >= 4 is 29.6 Å². The van der Waals surface area contributed by atoms with Crippen LogP contribution >= 0.6 is 0 Å². The van der Waals surface area contributed by atoms with E-state index in [9.17, 15) is 147 Å². The first-order valence-electron chi connectivity index (χ1n) is 33.7. The SMILES string of the molecule is CC(=O)N[C@@H]1[C@@H](O)[C@H](O[C@@H]2O[C@H](CO)[C@@H](O[C@@H]3O[C@H](CO[C@H]4O[C@H](CO[C@@H]5O[C@H](CO)[C@@H](O[C@@H]6O[C@H](CO)[C@H](O)[C@H](O[C@]7(C(=O)O)C[C@H](O)[C@@H](NC(C)=O)[C@H]([C@H](O)[C@H](O)CO)O7)[C@H]6O)[C@H](O)[C@H]5NC(C)=O)[C@@H](O)[C@H](O)[C@@H]4O)[C@@H](O)[C@H](O[C@H]4O[C@H](CO)[C@@H](O)[C@H](O)[C@@H]4O)[C@@H]3O)[C@H](O)[C@H]2NC(C)=O)[C@@H](CO)O[C@H]1O. The number of nitrogens with one attached hydrogen (secondary N) is 4. The maximum absolute atomic E-state index is 13.1. The molecule has 8 heterocycles. The van der Waals surface area contributed by atoms with Crippen molar-refractivity contribution in [3.8, 4) is 0 Å². The van der Waals surface area contributed by atoms with Crippen LogP contribution in [0.15, 0.2) is 0 Å². The molecule has 0 saturated carbocycles. The lowest BCUT2D eigenvalue weighted by atomic mass is 9.88. The normalized spacial score (nSPS) is 46.9. The molecular formula is C59H98N4O44. The molecule has 41 atom stereocenters. The molecule has 0 aromatic carbocycles. The largest absolute Gasteiger partial charge is 0.477 e. The Morgan fingerprint density at radius 3 is 1.23 bits per heavy atom. The molecule has 8 aliphatic rings. The Bertz CT molecular complexity index is 2870. The topological polar surface area (TPSA) is 757 Å². The van der Waals surface area contributed by atoms with Gasteiger partial charge in [-0.1, -0.05) is 0 Å². The van der Waals surface area contributed by atoms with Gasteiger partial charge in [0.15, 0.2) is 44.0 Å². The smallest absolute Gasteiger partial charge is 0.364 e. The second kappa shape index (κ2) is 38.1. The predicted molar refractivity (Wildman–Crippen MR) is 328 cm³/mol. The number of carbonyl (C=O) groups is 5. The Morgan fingerprint density at radius 1 is 0.383 bits per heavy atom. The molecule has 618 valence electrons. The van der Waals surface area contributed by atoms with E-state index in [1.165, 1.54) is 0 Å². The lowest BCUT2D eigenvalue weighted by molar-refractivity contribution is -0.385. The van der Waals surface area contributed by atoms with Gasteiger partial charge in [-0.25, -0.2) is 4.79 Å². The third kappa shape index (κ3) is 19.7. The van der Waals surface area contributed by atoms with E-state index in [0.717, 1.165) is 27.7 Å². The maximum Gasteiger partial charge on any atom is 0.364 e. The van der Waals surface area contributed by atoms with Gasteiger partial charge in [0.05, 0.1) is 65.0 Å². The molecule has 0 bridgehead atoms. The number of carboxylic acid groups (broad SMARTS) is 1. The number of amides is 4. The quantitative estimate of drug-likeness (QED) is 0.0331. The maximum atomic E-state index is 13.1. The van der Waals surface area contributed by atoms with Gasteiger partial charge in [-0.05, 0) is 0 Å². The van der Waals surface area contributed by atoms with Crippen molar-refractivity contribution in [2.75, 3.05) is 52.9 Å². The highest BCUT2D eigenvalue weighted by Gasteiger charge is 2.62. The van der Waals surface area contributed by atoms with Crippen molar-refractivity contribution < 1.29 is 218 Å². The Kier molecular flexibility index (Phi) is 31.5. The first-order valence-corrected chi connectivity index (χ1v) is 33.7. The zero-order chi connectivity index (χ0) is 79.3. The highest BCUT2D eigenvalue weighted by molar-refractivity contribution is 5.77. The van der Waals surface area contributed by atoms with Crippen molar-refractivity contribution in [3.63, 3.8) is 0 Å². The number of carboxylic acids is 1. The van der Waals surface area contributed by atoms with Gasteiger partial charge in [0, 0.05) is 34.1 Å². The number of aliphatic hydroxyl groups is 23. The van der Waals surface area contributed by atoms with Gasteiger partial charge >= 0.3 is 5.97 Å². The van der Waals surface area contributed by atoms with Crippen molar-refractivity contribution in [2.24, 2.45) is 0 Å². The summed E-state index contributed by atoms with van der Waals surface area (Å²) in [7, 11) is 0. The number of rotatable bonds is 29. The Labute approximate surface area is 605 Å². The minimum Gasteiger partial charge on any atom is -0.477 e. The number of aliphatic carboxylic acids is 1. The molecule has 28 N–H and O–H groups in total. The number of aliphatic hydroxyl groups excluding tert-OH is 23. The molecule has 0 unspecified atom stereocenters. The summed E-state index contributed by atoms with van der Waals surface area (Å²) >= 11 is 0. The van der Waals surface area contributed by atoms with Crippen LogP contribution in [0.4, 0.5) is 0 Å². The van der Waals surface area contributed by atoms with Gasteiger partial charge in [-0.15, -0.1) is 0 Å². The summed E-state index contributed by atoms with van der Waals surface area (Å²) in [5.74, 6) is -8.76. The molecule has 0 spiro atoms. The highest BCUT2D eigenvalue weighted by atomic mass is 16.8. The third-order valence-electron chi connectivity index (χ3n) is 19.2. The van der Waals surface area contributed by atoms with Crippen LogP contribution in [0.2, 0.25) is 0 Å². The van der Waals surface area contributed by atoms with Crippen molar-refractivity contribution in [3.05, 3.63) is 0 Å². The fourth-order valence-electron chi connectivity index (χ4n) is 13.6. The molecule has 4 amide bonds. The molecule has 0 aromatic heterocycles. The molecule has 107 heavy (non-hydrogen) atoms. The monoisotopic (exact) mass is 1570 g/mol. The van der Waals surface area contributed by atoms with Gasteiger partial charge < -0.3 is 215 Å². The first-order chi connectivity index (χ1) is 50.4. The number of hydrogen-bond acceptors (Lipinski definition) is 43. The summed E-state index contributed by atoms with van der Waals surface area (Å²) in [6.45, 7) is -4.70. The Morgan fingerprint density at radius 2 is 0.738 bits per heavy atom. The Balaban J connectivity index is 0.994. The van der Waals surface area contributed by atoms with Crippen LogP contribution in [0.1, 0.15) is 34.1 Å². The van der Waals surface area contributed by atoms with Crippen LogP contribution in [0.25, 0.3) is 0 Å². The molecule has 8 saturated heterocycles. The lowest BCUT2D eigenvalue weighted by Crippen LogP contribution is -2.71. The minimum absolute atomic E-state index is 0.757. The van der Waals surface area contributed by atoms with E-state index in [-0.39, 0.29) is 0 Å². The number of hydrogen-bond donors (Lipinski definition) is 28. The summed E-state index contributed by atoms with van der Waals surface area (Å²) in [5, 5.41) is 273. The van der Waals surface area contributed by atoms with Crippen molar-refractivity contribution in [1.82, 2.24) is 21.3 Å². The van der Waals surface area contributed by atoms with Crippen LogP contribution in [0.3, 0.4) is 0 Å². The molecule has 8 fully saturated rings. The third-order valence-corrected chi connectivity index (χ3v) is 19.2. The van der Waals surface area contributed by atoms with Crippen LogP contribution in [0, 0.1) is 0 Å². The van der Waals surface area contributed by atoms with Crippen molar-refractivity contribution in [2.45, 2.75) is 285 Å². The van der Waals surface area contributed by atoms with E-state index in [4.69, 9.17) is 71.1 Å². The number of ether oxygens (including phenoxy) is 15. The van der Waals surface area contributed by atoms with Crippen LogP contribution < -0.4 is 21.3 Å². The molecular weight excluding hydrogens is 1470 g/mol. The summed E-state index contributed by atoms with van der Waals surface area (Å²) in [4.78, 5) is 62.7. The van der Waals surface area contributed by atoms with Crippen LogP contribution in [-0.4, -0.2) is 456 Å². The first kappa shape index (κ1) is 88.4. The number of carbonyl (C=O) groups excluding carboxylic acids is 4. The molecule has 48 heteroatoms. The standard InChI is InChI=1S/C59H98N4O44/c1-14(70)60-27-18(74)5-59(58(91)92,106-48(27)31(76)19(75)6-64)107-50-34(79)21(8-66)97-57(44(50)89)104-46-23(10-68)98-52(29(37(46)82)62-16(3)72)93-12-25-33(78)40(85)41(86)54(100-25)94-13-26-35(80)49(105-55-42(87)39(84)32(77)20(7-65)96-55)43(88)56(101-26)103-47-24(11-69)99-53(30(38(47)83)63-17(4)73)102-45-22(9-67)95-51(90)28(36(45)81)61-15(2)71/h18-57,64-69,74-90H,5-13H2,1-4H3,(H,60,70)(H,61,71)(H,62,72)(H,63,73)(H,91,92)/t18-,19+,20+,21+,22+,23+,24+,25+,26+,27+,28+,29+,30+,31+,32+,33+,34-,35+,36+,37+,38+,39-,40-,41-,42-,43-,44+,45+,46+,47+,48+,49-,50-,51+,52+,53-,54-,55+,56-,57-,59-/m0/s1. The molecule has 0 radical (unpaired) electrons. The fraction of sp³-hybridized carbons (Fsp3) is 0.915. The second-order valence-corrected chi connectivity index (χ2v) is 26.8. The molecule has 0 aromatic rings. The van der Waals surface area contributed by atoms with E-state index >= 15 is 0 Å². The second-order valence-electron chi connectivity index (χ2n) is 26.8. The van der Waals surface area contributed by atoms with Gasteiger partial charge in [0.1, 0.15) is 189 Å². The van der Waals surface area contributed by atoms with E-state index in [0.29, 0.717) is 0 Å². The fourth-order valence-corrected chi connectivity index (χ4v) is 13.6. The van der Waals surface area contributed by atoms with E-state index in [1.807, 2.05) is 0 Å². The molecule has 8 aliphatic heterocycles. The zero-order valence-electron chi connectivity index (χ0n) is 57.4. The average molecular weight is 1570 g/mol. The van der Waals surface area contributed by atoms with Gasteiger partial charge in [-0.3, -0.25) is 19.2 Å². The Hall–Kier alpha value is -4.17. The molecule has 8 rings (SSSR count). The van der Waals surface area contributed by atoms with Crippen molar-refractivity contribution in [1.29, 1.82) is 0 Å². The average Bonchev–Trinajstić information content (AvgIpc) is 0.756. The van der Waals surface area contributed by atoms with Gasteiger partial charge in [0.25, 0.3) is 5.79 Å². The summed E-state index contributed by atoms with van der Waals surface area (Å²) in [6, 6.07) is -6.97. The highest BCUT2D eigenvalue weighted by Crippen LogP contribution is 2.41. The predicted octanol–water partition coefficient (Wildman–Crippen LogP) is -18.7.